The minimum absolute atomic E-state index is 0.0296. The molecule has 0 spiro atoms. The van der Waals surface area contributed by atoms with Gasteiger partial charge in [0.15, 0.2) is 0 Å². The van der Waals surface area contributed by atoms with E-state index in [1.165, 1.54) is 11.3 Å². The number of nitrogens with one attached hydrogen (secondary N) is 2. The molecule has 1 aromatic carbocycles. The van der Waals surface area contributed by atoms with Gasteiger partial charge in [0.25, 0.3) is 0 Å². The summed E-state index contributed by atoms with van der Waals surface area (Å²) in [4.78, 5) is 39.5. The third-order valence-corrected chi connectivity index (χ3v) is 6.61. The lowest BCUT2D eigenvalue weighted by atomic mass is 10.0. The van der Waals surface area contributed by atoms with Crippen molar-refractivity contribution < 1.29 is 19.1 Å². The second-order valence-corrected chi connectivity index (χ2v) is 9.58. The molecule has 0 atom stereocenters. The number of carbonyl (C=O) groups is 3. The topological polar surface area (TPSA) is 87.7 Å². The van der Waals surface area contributed by atoms with Crippen LogP contribution < -0.4 is 10.6 Å². The lowest BCUT2D eigenvalue weighted by Gasteiger charge is -2.32. The molecule has 1 aliphatic rings. The monoisotopic (exact) mass is 471 g/mol. The maximum atomic E-state index is 12.8. The van der Waals surface area contributed by atoms with Crippen molar-refractivity contribution in [1.82, 2.24) is 10.2 Å². The number of aryl methyl sites for hydroxylation is 1. The van der Waals surface area contributed by atoms with Crippen molar-refractivity contribution in [1.29, 1.82) is 0 Å². The summed E-state index contributed by atoms with van der Waals surface area (Å²) in [7, 11) is 0. The second-order valence-electron chi connectivity index (χ2n) is 8.70. The number of thiophene rings is 1. The summed E-state index contributed by atoms with van der Waals surface area (Å²) in [5.41, 5.74) is 3.20. The molecule has 0 aliphatic carbocycles. The Balaban J connectivity index is 1.64. The highest BCUT2D eigenvalue weighted by Gasteiger charge is 2.25. The second kappa shape index (κ2) is 11.4. The van der Waals surface area contributed by atoms with Crippen LogP contribution in [0.25, 0.3) is 11.1 Å². The smallest absolute Gasteiger partial charge is 0.341 e. The van der Waals surface area contributed by atoms with E-state index in [0.29, 0.717) is 10.6 Å². The predicted octanol–water partition coefficient (Wildman–Crippen LogP) is 4.08. The molecule has 2 heterocycles. The van der Waals surface area contributed by atoms with E-state index in [0.717, 1.165) is 42.6 Å². The molecule has 0 saturated carbocycles. The third kappa shape index (κ3) is 6.65. The summed E-state index contributed by atoms with van der Waals surface area (Å²) in [6.45, 7) is 9.52. The Bertz CT molecular complexity index is 976. The van der Waals surface area contributed by atoms with Gasteiger partial charge in [0.1, 0.15) is 10.6 Å². The van der Waals surface area contributed by atoms with Gasteiger partial charge >= 0.3 is 5.97 Å². The first-order valence-corrected chi connectivity index (χ1v) is 12.3. The van der Waals surface area contributed by atoms with Crippen LogP contribution >= 0.6 is 11.3 Å². The fourth-order valence-corrected chi connectivity index (χ4v) is 4.75. The number of anilines is 1. The fraction of sp³-hybridized carbons (Fsp3) is 0.480. The van der Waals surface area contributed by atoms with Crippen LogP contribution in [0.1, 0.15) is 49.5 Å². The molecule has 1 fully saturated rings. The van der Waals surface area contributed by atoms with Gasteiger partial charge < -0.3 is 15.4 Å². The van der Waals surface area contributed by atoms with Gasteiger partial charge in [-0.05, 0) is 32.3 Å². The number of carbonyl (C=O) groups excluding carboxylic acids is 3. The number of hydrogen-bond acceptors (Lipinski definition) is 6. The summed E-state index contributed by atoms with van der Waals surface area (Å²) in [5, 5.41) is 8.39. The van der Waals surface area contributed by atoms with Gasteiger partial charge in [-0.1, -0.05) is 43.7 Å². The predicted molar refractivity (Wildman–Crippen MR) is 132 cm³/mol. The lowest BCUT2D eigenvalue weighted by molar-refractivity contribution is -0.125. The zero-order chi connectivity index (χ0) is 24.0. The number of amides is 2. The van der Waals surface area contributed by atoms with E-state index in [4.69, 9.17) is 4.74 Å². The van der Waals surface area contributed by atoms with E-state index in [9.17, 15) is 14.4 Å². The normalized spacial score (nSPS) is 14.8. The number of ether oxygens (including phenoxy) is 1. The summed E-state index contributed by atoms with van der Waals surface area (Å²) in [6.07, 6.45) is 1.63. The van der Waals surface area contributed by atoms with Crippen LogP contribution in [-0.4, -0.2) is 55.0 Å². The Kier molecular flexibility index (Phi) is 8.63. The number of esters is 1. The largest absolute Gasteiger partial charge is 0.462 e. The summed E-state index contributed by atoms with van der Waals surface area (Å²) >= 11 is 1.33. The third-order valence-electron chi connectivity index (χ3n) is 5.71. The first-order valence-electron chi connectivity index (χ1n) is 11.5. The summed E-state index contributed by atoms with van der Waals surface area (Å²) < 4.78 is 5.28. The number of hydrogen-bond donors (Lipinski definition) is 2. The molecule has 0 unspecified atom stereocenters. The Morgan fingerprint density at radius 3 is 2.42 bits per heavy atom. The number of piperidine rings is 1. The van der Waals surface area contributed by atoms with Crippen LogP contribution in [0.4, 0.5) is 5.00 Å². The molecule has 2 amide bonds. The molecule has 33 heavy (non-hydrogen) atoms. The maximum absolute atomic E-state index is 12.8. The van der Waals surface area contributed by atoms with Crippen LogP contribution in [0.2, 0.25) is 0 Å². The standard InChI is InChI=1S/C25H33N3O4S/c1-5-32-25(31)22-20(18-8-6-17(4)7-9-18)15-33-24(22)27-21(29)14-28-12-10-19(11-13-28)26-23(30)16(2)3/h6-9,15-16,19H,5,10-14H2,1-4H3,(H,26,30)(H,27,29). The van der Waals surface area contributed by atoms with Gasteiger partial charge in [0.05, 0.1) is 13.2 Å². The number of likely N-dealkylation sites (tertiary alicyclic amines) is 1. The molecule has 1 aromatic heterocycles. The van der Waals surface area contributed by atoms with Crippen LogP contribution in [0.5, 0.6) is 0 Å². The van der Waals surface area contributed by atoms with Gasteiger partial charge in [-0.25, -0.2) is 4.79 Å². The Labute approximate surface area is 199 Å². The highest BCUT2D eigenvalue weighted by atomic mass is 32.1. The number of benzene rings is 1. The number of rotatable bonds is 8. The highest BCUT2D eigenvalue weighted by Crippen LogP contribution is 2.36. The van der Waals surface area contributed by atoms with E-state index >= 15 is 0 Å². The first-order chi connectivity index (χ1) is 15.8. The van der Waals surface area contributed by atoms with Crippen LogP contribution in [-0.2, 0) is 14.3 Å². The molecule has 178 valence electrons. The maximum Gasteiger partial charge on any atom is 0.341 e. The van der Waals surface area contributed by atoms with Crippen LogP contribution in [0, 0.1) is 12.8 Å². The molecule has 2 aromatic rings. The van der Waals surface area contributed by atoms with E-state index < -0.39 is 5.97 Å². The van der Waals surface area contributed by atoms with Gasteiger partial charge in [-0.2, -0.15) is 0 Å². The quantitative estimate of drug-likeness (QED) is 0.567. The fourth-order valence-electron chi connectivity index (χ4n) is 3.77. The average Bonchev–Trinajstić information content (AvgIpc) is 3.19. The van der Waals surface area contributed by atoms with E-state index in [1.54, 1.807) is 6.92 Å². The Morgan fingerprint density at radius 1 is 1.15 bits per heavy atom. The van der Waals surface area contributed by atoms with Gasteiger partial charge in [-0.3, -0.25) is 14.5 Å². The molecule has 7 nitrogen and oxygen atoms in total. The lowest BCUT2D eigenvalue weighted by Crippen LogP contribution is -2.47. The van der Waals surface area contributed by atoms with Crippen molar-refractivity contribution in [3.8, 4) is 11.1 Å². The minimum atomic E-state index is -0.439. The summed E-state index contributed by atoms with van der Waals surface area (Å²) in [5.74, 6) is -0.563. The van der Waals surface area contributed by atoms with Crippen molar-refractivity contribution in [3.63, 3.8) is 0 Å². The van der Waals surface area contributed by atoms with Crippen molar-refractivity contribution in [2.75, 3.05) is 31.6 Å². The molecule has 1 saturated heterocycles. The minimum Gasteiger partial charge on any atom is -0.462 e. The van der Waals surface area contributed by atoms with Crippen LogP contribution in [0.3, 0.4) is 0 Å². The highest BCUT2D eigenvalue weighted by molar-refractivity contribution is 7.15. The molecular weight excluding hydrogens is 438 g/mol. The van der Waals surface area contributed by atoms with Gasteiger partial charge in [0.2, 0.25) is 11.8 Å². The van der Waals surface area contributed by atoms with E-state index in [-0.39, 0.29) is 36.9 Å². The Morgan fingerprint density at radius 2 is 1.82 bits per heavy atom. The van der Waals surface area contributed by atoms with Gasteiger partial charge in [0, 0.05) is 36.0 Å². The van der Waals surface area contributed by atoms with E-state index in [1.807, 2.05) is 50.4 Å². The SMILES string of the molecule is CCOC(=O)c1c(-c2ccc(C)cc2)csc1NC(=O)CN1CCC(NC(=O)C(C)C)CC1. The molecule has 3 rings (SSSR count). The molecule has 1 aliphatic heterocycles. The van der Waals surface area contributed by atoms with Crippen LogP contribution in [0.15, 0.2) is 29.6 Å². The van der Waals surface area contributed by atoms with Crippen molar-refractivity contribution in [3.05, 3.63) is 40.8 Å². The van der Waals surface area contributed by atoms with Crippen molar-refractivity contribution in [2.24, 2.45) is 5.92 Å². The zero-order valence-corrected chi connectivity index (χ0v) is 20.6. The molecule has 0 radical (unpaired) electrons. The Hall–Kier alpha value is -2.71. The molecular formula is C25H33N3O4S. The van der Waals surface area contributed by atoms with Crippen molar-refractivity contribution >= 4 is 34.1 Å². The first kappa shape index (κ1) is 24.9. The molecule has 2 N–H and O–H groups in total. The van der Waals surface area contributed by atoms with E-state index in [2.05, 4.69) is 15.5 Å². The summed E-state index contributed by atoms with van der Waals surface area (Å²) in [6, 6.07) is 8.08. The molecule has 8 heteroatoms. The average molecular weight is 472 g/mol. The number of nitrogens with zero attached hydrogens (tertiary/aromatic N) is 1. The zero-order valence-electron chi connectivity index (χ0n) is 19.8. The van der Waals surface area contributed by atoms with Gasteiger partial charge in [-0.15, -0.1) is 11.3 Å². The van der Waals surface area contributed by atoms with Crippen molar-refractivity contribution in [2.45, 2.75) is 46.6 Å². The molecule has 0 bridgehead atoms.